The fourth-order valence-electron chi connectivity index (χ4n) is 2.19. The summed E-state index contributed by atoms with van der Waals surface area (Å²) in [5.74, 6) is 0.650. The van der Waals surface area contributed by atoms with Crippen molar-refractivity contribution in [1.82, 2.24) is 15.1 Å². The first kappa shape index (κ1) is 12.1. The summed E-state index contributed by atoms with van der Waals surface area (Å²) in [4.78, 5) is 14.6. The summed E-state index contributed by atoms with van der Waals surface area (Å²) in [5.41, 5.74) is 2.45. The zero-order chi connectivity index (χ0) is 12.6. The molecule has 0 aromatic carbocycles. The van der Waals surface area contributed by atoms with Crippen LogP contribution in [0.2, 0.25) is 0 Å². The van der Waals surface area contributed by atoms with Crippen LogP contribution < -0.4 is 0 Å². The smallest absolute Gasteiger partial charge is 0.257 e. The summed E-state index contributed by atoms with van der Waals surface area (Å²) in [6, 6.07) is 0.457. The Hall–Kier alpha value is -1.32. The Kier molecular flexibility index (Phi) is 3.22. The predicted molar refractivity (Wildman–Crippen MR) is 67.0 cm³/mol. The van der Waals surface area contributed by atoms with E-state index in [1.807, 2.05) is 18.7 Å². The maximum Gasteiger partial charge on any atom is 0.257 e. The SMILES string of the molecule is Cc1n[nH]c(C)c1C(=O)N(CC(C)C)C1CC1. The van der Waals surface area contributed by atoms with Crippen LogP contribution in [0.5, 0.6) is 0 Å². The molecule has 4 heteroatoms. The van der Waals surface area contributed by atoms with E-state index < -0.39 is 0 Å². The molecule has 0 atom stereocenters. The molecule has 0 bridgehead atoms. The highest BCUT2D eigenvalue weighted by Gasteiger charge is 2.34. The lowest BCUT2D eigenvalue weighted by molar-refractivity contribution is 0.0721. The lowest BCUT2D eigenvalue weighted by atomic mass is 10.1. The highest BCUT2D eigenvalue weighted by Crippen LogP contribution is 2.29. The van der Waals surface area contributed by atoms with Crippen LogP contribution in [-0.4, -0.2) is 33.6 Å². The van der Waals surface area contributed by atoms with Gasteiger partial charge in [-0.2, -0.15) is 5.10 Å². The van der Waals surface area contributed by atoms with Crippen molar-refractivity contribution in [2.24, 2.45) is 5.92 Å². The summed E-state index contributed by atoms with van der Waals surface area (Å²) in [6.45, 7) is 8.94. The van der Waals surface area contributed by atoms with Gasteiger partial charge in [0.05, 0.1) is 11.3 Å². The van der Waals surface area contributed by atoms with Gasteiger partial charge in [-0.25, -0.2) is 0 Å². The summed E-state index contributed by atoms with van der Waals surface area (Å²) in [5, 5.41) is 6.99. The highest BCUT2D eigenvalue weighted by atomic mass is 16.2. The van der Waals surface area contributed by atoms with Crippen molar-refractivity contribution in [3.8, 4) is 0 Å². The van der Waals surface area contributed by atoms with E-state index in [2.05, 4.69) is 24.0 Å². The highest BCUT2D eigenvalue weighted by molar-refractivity contribution is 5.96. The second-order valence-electron chi connectivity index (χ2n) is 5.39. The van der Waals surface area contributed by atoms with Gasteiger partial charge in [0.15, 0.2) is 0 Å². The fraction of sp³-hybridized carbons (Fsp3) is 0.692. The molecule has 1 saturated carbocycles. The Balaban J connectivity index is 2.21. The second-order valence-corrected chi connectivity index (χ2v) is 5.39. The Morgan fingerprint density at radius 2 is 2.12 bits per heavy atom. The first-order valence-corrected chi connectivity index (χ1v) is 6.33. The van der Waals surface area contributed by atoms with Crippen molar-refractivity contribution in [2.45, 2.75) is 46.6 Å². The van der Waals surface area contributed by atoms with E-state index in [1.54, 1.807) is 0 Å². The number of carbonyl (C=O) groups is 1. The lowest BCUT2D eigenvalue weighted by Crippen LogP contribution is -2.36. The van der Waals surface area contributed by atoms with Crippen LogP contribution in [0.25, 0.3) is 0 Å². The number of hydrogen-bond acceptors (Lipinski definition) is 2. The molecule has 0 radical (unpaired) electrons. The molecule has 1 aliphatic rings. The van der Waals surface area contributed by atoms with Crippen LogP contribution >= 0.6 is 0 Å². The number of rotatable bonds is 4. The number of aromatic nitrogens is 2. The average molecular weight is 235 g/mol. The van der Waals surface area contributed by atoms with Gasteiger partial charge in [0.2, 0.25) is 0 Å². The van der Waals surface area contributed by atoms with Crippen molar-refractivity contribution in [1.29, 1.82) is 0 Å². The number of amides is 1. The van der Waals surface area contributed by atoms with Crippen molar-refractivity contribution in [3.05, 3.63) is 17.0 Å². The first-order chi connectivity index (χ1) is 8.00. The molecule has 4 nitrogen and oxygen atoms in total. The molecule has 1 N–H and O–H groups in total. The normalized spacial score (nSPS) is 15.4. The van der Waals surface area contributed by atoms with Gasteiger partial charge in [-0.15, -0.1) is 0 Å². The van der Waals surface area contributed by atoms with Gasteiger partial charge in [-0.05, 0) is 32.6 Å². The Bertz CT molecular complexity index is 399. The van der Waals surface area contributed by atoms with Crippen LogP contribution in [0, 0.1) is 19.8 Å². The third-order valence-corrected chi connectivity index (χ3v) is 3.15. The molecule has 17 heavy (non-hydrogen) atoms. The third kappa shape index (κ3) is 2.51. The number of aromatic amines is 1. The maximum absolute atomic E-state index is 12.5. The largest absolute Gasteiger partial charge is 0.335 e. The lowest BCUT2D eigenvalue weighted by Gasteiger charge is -2.24. The van der Waals surface area contributed by atoms with E-state index in [-0.39, 0.29) is 5.91 Å². The maximum atomic E-state index is 12.5. The number of H-pyrrole nitrogens is 1. The van der Waals surface area contributed by atoms with E-state index in [0.717, 1.165) is 36.3 Å². The molecule has 1 heterocycles. The minimum absolute atomic E-state index is 0.143. The standard InChI is InChI=1S/C13H21N3O/c1-8(2)7-16(11-5-6-11)13(17)12-9(3)14-15-10(12)4/h8,11H,5-7H2,1-4H3,(H,14,15). The summed E-state index contributed by atoms with van der Waals surface area (Å²) < 4.78 is 0. The van der Waals surface area contributed by atoms with E-state index >= 15 is 0 Å². The molecule has 0 unspecified atom stereocenters. The van der Waals surface area contributed by atoms with Crippen molar-refractivity contribution in [2.75, 3.05) is 6.54 Å². The topological polar surface area (TPSA) is 49.0 Å². The van der Waals surface area contributed by atoms with Crippen molar-refractivity contribution >= 4 is 5.91 Å². The van der Waals surface area contributed by atoms with E-state index in [4.69, 9.17) is 0 Å². The molecule has 1 aliphatic carbocycles. The van der Waals surface area contributed by atoms with Crippen LogP contribution in [0.4, 0.5) is 0 Å². The number of aryl methyl sites for hydroxylation is 2. The van der Waals surface area contributed by atoms with Crippen molar-refractivity contribution < 1.29 is 4.79 Å². The number of nitrogens with one attached hydrogen (secondary N) is 1. The van der Waals surface area contributed by atoms with Gasteiger partial charge < -0.3 is 4.90 Å². The Morgan fingerprint density at radius 1 is 1.47 bits per heavy atom. The van der Waals surface area contributed by atoms with E-state index in [1.165, 1.54) is 0 Å². The Morgan fingerprint density at radius 3 is 2.53 bits per heavy atom. The third-order valence-electron chi connectivity index (χ3n) is 3.15. The minimum Gasteiger partial charge on any atom is -0.335 e. The first-order valence-electron chi connectivity index (χ1n) is 6.33. The van der Waals surface area contributed by atoms with E-state index in [9.17, 15) is 4.79 Å². The van der Waals surface area contributed by atoms with Gasteiger partial charge in [0.25, 0.3) is 5.91 Å². The van der Waals surface area contributed by atoms with Crippen LogP contribution in [0.15, 0.2) is 0 Å². The summed E-state index contributed by atoms with van der Waals surface area (Å²) in [6.07, 6.45) is 2.29. The van der Waals surface area contributed by atoms with Gasteiger partial charge in [-0.3, -0.25) is 9.89 Å². The van der Waals surface area contributed by atoms with Gasteiger partial charge in [0, 0.05) is 18.3 Å². The molecule has 1 fully saturated rings. The quantitative estimate of drug-likeness (QED) is 0.870. The van der Waals surface area contributed by atoms with Gasteiger partial charge >= 0.3 is 0 Å². The molecular weight excluding hydrogens is 214 g/mol. The molecule has 94 valence electrons. The van der Waals surface area contributed by atoms with Crippen LogP contribution in [0.1, 0.15) is 48.4 Å². The molecule has 0 saturated heterocycles. The monoisotopic (exact) mass is 235 g/mol. The molecular formula is C13H21N3O. The molecule has 2 rings (SSSR count). The average Bonchev–Trinajstić information content (AvgIpc) is 3.02. The predicted octanol–water partition coefficient (Wildman–Crippen LogP) is 2.29. The molecule has 1 amide bonds. The van der Waals surface area contributed by atoms with Crippen molar-refractivity contribution in [3.63, 3.8) is 0 Å². The molecule has 0 spiro atoms. The van der Waals surface area contributed by atoms with Gasteiger partial charge in [0.1, 0.15) is 0 Å². The number of hydrogen-bond donors (Lipinski definition) is 1. The fourth-order valence-corrected chi connectivity index (χ4v) is 2.19. The number of nitrogens with zero attached hydrogens (tertiary/aromatic N) is 2. The van der Waals surface area contributed by atoms with E-state index in [0.29, 0.717) is 12.0 Å². The summed E-state index contributed by atoms with van der Waals surface area (Å²) >= 11 is 0. The Labute approximate surface area is 102 Å². The van der Waals surface area contributed by atoms with Crippen LogP contribution in [-0.2, 0) is 0 Å². The second kappa shape index (κ2) is 4.51. The zero-order valence-corrected chi connectivity index (χ0v) is 11.1. The summed E-state index contributed by atoms with van der Waals surface area (Å²) in [7, 11) is 0. The molecule has 0 aliphatic heterocycles. The number of carbonyl (C=O) groups excluding carboxylic acids is 1. The molecule has 1 aromatic rings. The van der Waals surface area contributed by atoms with Crippen LogP contribution in [0.3, 0.4) is 0 Å². The minimum atomic E-state index is 0.143. The zero-order valence-electron chi connectivity index (χ0n) is 11.1. The van der Waals surface area contributed by atoms with Gasteiger partial charge in [-0.1, -0.05) is 13.8 Å². The molecule has 1 aromatic heterocycles.